The van der Waals surface area contributed by atoms with E-state index in [1.807, 2.05) is 26.0 Å². The van der Waals surface area contributed by atoms with Crippen molar-refractivity contribution in [1.29, 1.82) is 5.26 Å². The second-order valence-electron chi connectivity index (χ2n) is 6.43. The Morgan fingerprint density at radius 1 is 1.22 bits per heavy atom. The van der Waals surface area contributed by atoms with Crippen molar-refractivity contribution in [3.63, 3.8) is 0 Å². The smallest absolute Gasteiger partial charge is 0.321 e. The van der Waals surface area contributed by atoms with E-state index in [0.717, 1.165) is 11.3 Å². The van der Waals surface area contributed by atoms with Gasteiger partial charge in [-0.05, 0) is 55.8 Å². The average Bonchev–Trinajstić information content (AvgIpc) is 3.14. The third-order valence-corrected chi connectivity index (χ3v) is 4.87. The number of amides is 3. The monoisotopic (exact) mass is 362 g/mol. The molecule has 0 aliphatic carbocycles. The lowest BCUT2D eigenvalue weighted by atomic mass is 10.0. The molecule has 3 amide bonds. The molecular weight excluding hydrogens is 340 g/mol. The summed E-state index contributed by atoms with van der Waals surface area (Å²) in [6, 6.07) is 16.3. The third kappa shape index (κ3) is 3.77. The maximum absolute atomic E-state index is 13.0. The number of carbonyl (C=O) groups is 2. The summed E-state index contributed by atoms with van der Waals surface area (Å²) < 4.78 is 0. The van der Waals surface area contributed by atoms with E-state index in [4.69, 9.17) is 5.26 Å². The molecule has 1 N–H and O–H groups in total. The molecule has 1 fully saturated rings. The largest absolute Gasteiger partial charge is 0.336 e. The minimum Gasteiger partial charge on any atom is -0.336 e. The predicted octanol–water partition coefficient (Wildman–Crippen LogP) is 3.31. The number of anilines is 1. The highest BCUT2D eigenvalue weighted by atomic mass is 16.2. The van der Waals surface area contributed by atoms with Crippen LogP contribution in [0.2, 0.25) is 0 Å². The molecule has 2 aromatic rings. The molecule has 1 atom stereocenters. The topological polar surface area (TPSA) is 76.4 Å². The summed E-state index contributed by atoms with van der Waals surface area (Å²) >= 11 is 0. The Kier molecular flexibility index (Phi) is 5.41. The van der Waals surface area contributed by atoms with Crippen molar-refractivity contribution >= 4 is 17.6 Å². The van der Waals surface area contributed by atoms with E-state index in [2.05, 4.69) is 11.4 Å². The van der Waals surface area contributed by atoms with Gasteiger partial charge in [0, 0.05) is 30.9 Å². The Morgan fingerprint density at radius 3 is 2.41 bits per heavy atom. The number of carbonyl (C=O) groups excluding carboxylic acids is 2. The molecule has 27 heavy (non-hydrogen) atoms. The molecule has 0 bridgehead atoms. The van der Waals surface area contributed by atoms with E-state index in [-0.39, 0.29) is 18.0 Å². The summed E-state index contributed by atoms with van der Waals surface area (Å²) in [5, 5.41) is 11.7. The van der Waals surface area contributed by atoms with Crippen LogP contribution in [0.3, 0.4) is 0 Å². The van der Waals surface area contributed by atoms with Crippen LogP contribution in [0.4, 0.5) is 10.5 Å². The maximum atomic E-state index is 13.0. The number of nitrogens with one attached hydrogen (secondary N) is 1. The van der Waals surface area contributed by atoms with Crippen molar-refractivity contribution in [2.45, 2.75) is 19.9 Å². The van der Waals surface area contributed by atoms with Crippen molar-refractivity contribution in [3.8, 4) is 6.07 Å². The van der Waals surface area contributed by atoms with Crippen LogP contribution < -0.4 is 10.2 Å². The highest BCUT2D eigenvalue weighted by molar-refractivity contribution is 5.97. The van der Waals surface area contributed by atoms with Gasteiger partial charge in [0.1, 0.15) is 0 Å². The number of benzene rings is 2. The molecule has 0 saturated carbocycles. The number of nitrogens with zero attached hydrogens (tertiary/aromatic N) is 3. The lowest BCUT2D eigenvalue weighted by Gasteiger charge is -2.29. The fraction of sp³-hybridized carbons (Fsp3) is 0.286. The number of hydrogen-bond donors (Lipinski definition) is 1. The quantitative estimate of drug-likeness (QED) is 0.886. The van der Waals surface area contributed by atoms with Crippen molar-refractivity contribution in [2.75, 3.05) is 24.5 Å². The summed E-state index contributed by atoms with van der Waals surface area (Å²) in [5.74, 6) is -0.0632. The van der Waals surface area contributed by atoms with Crippen LogP contribution in [-0.4, -0.2) is 36.5 Å². The van der Waals surface area contributed by atoms with Crippen LogP contribution in [-0.2, 0) is 0 Å². The molecule has 6 heteroatoms. The molecule has 138 valence electrons. The Hall–Kier alpha value is -3.33. The van der Waals surface area contributed by atoms with Crippen LogP contribution in [0.1, 0.15) is 41.4 Å². The molecule has 1 aliphatic rings. The van der Waals surface area contributed by atoms with E-state index in [1.165, 1.54) is 0 Å². The van der Waals surface area contributed by atoms with Gasteiger partial charge >= 0.3 is 6.03 Å². The highest BCUT2D eigenvalue weighted by Crippen LogP contribution is 2.24. The van der Waals surface area contributed by atoms with Gasteiger partial charge < -0.3 is 10.2 Å². The zero-order valence-electron chi connectivity index (χ0n) is 15.5. The Bertz CT molecular complexity index is 869. The third-order valence-electron chi connectivity index (χ3n) is 4.87. The van der Waals surface area contributed by atoms with Gasteiger partial charge in [-0.3, -0.25) is 9.69 Å². The highest BCUT2D eigenvalue weighted by Gasteiger charge is 2.23. The molecule has 1 heterocycles. The first-order valence-corrected chi connectivity index (χ1v) is 9.01. The van der Waals surface area contributed by atoms with Gasteiger partial charge in [0.15, 0.2) is 0 Å². The fourth-order valence-electron chi connectivity index (χ4n) is 3.28. The average molecular weight is 362 g/mol. The summed E-state index contributed by atoms with van der Waals surface area (Å²) in [4.78, 5) is 28.2. The number of urea groups is 1. The van der Waals surface area contributed by atoms with E-state index in [0.29, 0.717) is 30.8 Å². The lowest BCUT2D eigenvalue weighted by molar-refractivity contribution is 0.0702. The minimum atomic E-state index is -0.112. The second-order valence-corrected chi connectivity index (χ2v) is 6.43. The summed E-state index contributed by atoms with van der Waals surface area (Å²) in [6.07, 6.45) is 0. The maximum Gasteiger partial charge on any atom is 0.321 e. The number of hydrogen-bond acceptors (Lipinski definition) is 3. The van der Waals surface area contributed by atoms with Gasteiger partial charge in [-0.15, -0.1) is 0 Å². The van der Waals surface area contributed by atoms with Crippen LogP contribution in [0.5, 0.6) is 0 Å². The lowest BCUT2D eigenvalue weighted by Crippen LogP contribution is -2.33. The van der Waals surface area contributed by atoms with Gasteiger partial charge in [0.05, 0.1) is 17.7 Å². The Balaban J connectivity index is 1.77. The van der Waals surface area contributed by atoms with Gasteiger partial charge in [0.25, 0.3) is 5.91 Å². The molecular formula is C21H22N4O2. The SMILES string of the molecule is CCN(C(=O)c1ccc(N2CCNC2=O)cc1)C(C)c1ccc(C#N)cc1. The van der Waals surface area contributed by atoms with E-state index in [1.54, 1.807) is 46.2 Å². The van der Waals surface area contributed by atoms with E-state index < -0.39 is 0 Å². The minimum absolute atomic E-state index is 0.0632. The number of nitriles is 1. The van der Waals surface area contributed by atoms with Crippen molar-refractivity contribution in [3.05, 3.63) is 65.2 Å². The normalized spacial score (nSPS) is 14.4. The van der Waals surface area contributed by atoms with E-state index >= 15 is 0 Å². The van der Waals surface area contributed by atoms with Crippen molar-refractivity contribution in [1.82, 2.24) is 10.2 Å². The first-order chi connectivity index (χ1) is 13.0. The van der Waals surface area contributed by atoms with Crippen LogP contribution >= 0.6 is 0 Å². The Morgan fingerprint density at radius 2 is 1.89 bits per heavy atom. The molecule has 0 spiro atoms. The molecule has 3 rings (SSSR count). The fourth-order valence-corrected chi connectivity index (χ4v) is 3.28. The van der Waals surface area contributed by atoms with Crippen molar-refractivity contribution < 1.29 is 9.59 Å². The zero-order valence-corrected chi connectivity index (χ0v) is 15.5. The van der Waals surface area contributed by atoms with Gasteiger partial charge in [-0.1, -0.05) is 12.1 Å². The summed E-state index contributed by atoms with van der Waals surface area (Å²) in [7, 11) is 0. The van der Waals surface area contributed by atoms with Gasteiger partial charge in [0.2, 0.25) is 0 Å². The first kappa shape index (κ1) is 18.5. The number of rotatable bonds is 5. The zero-order chi connectivity index (χ0) is 19.4. The van der Waals surface area contributed by atoms with Crippen LogP contribution in [0.25, 0.3) is 0 Å². The second kappa shape index (κ2) is 7.92. The van der Waals surface area contributed by atoms with Gasteiger partial charge in [-0.2, -0.15) is 5.26 Å². The van der Waals surface area contributed by atoms with E-state index in [9.17, 15) is 9.59 Å². The molecule has 0 aromatic heterocycles. The summed E-state index contributed by atoms with van der Waals surface area (Å²) in [6.45, 7) is 5.75. The molecule has 6 nitrogen and oxygen atoms in total. The molecule has 0 radical (unpaired) electrons. The Labute approximate surface area is 159 Å². The molecule has 1 unspecified atom stereocenters. The van der Waals surface area contributed by atoms with Crippen LogP contribution in [0, 0.1) is 11.3 Å². The van der Waals surface area contributed by atoms with Crippen molar-refractivity contribution in [2.24, 2.45) is 0 Å². The van der Waals surface area contributed by atoms with Gasteiger partial charge in [-0.25, -0.2) is 4.79 Å². The molecule has 1 aliphatic heterocycles. The predicted molar refractivity (Wildman–Crippen MR) is 103 cm³/mol. The first-order valence-electron chi connectivity index (χ1n) is 9.01. The molecule has 1 saturated heterocycles. The molecule has 2 aromatic carbocycles. The standard InChI is InChI=1S/C21H22N4O2/c1-3-24(15(2)17-6-4-16(14-22)5-7-17)20(26)18-8-10-19(11-9-18)25-13-12-23-21(25)27/h4-11,15H,3,12-13H2,1-2H3,(H,23,27). The summed E-state index contributed by atoms with van der Waals surface area (Å²) in [5.41, 5.74) is 2.95. The van der Waals surface area contributed by atoms with Crippen LogP contribution in [0.15, 0.2) is 48.5 Å².